The van der Waals surface area contributed by atoms with Gasteiger partial charge < -0.3 is 5.73 Å². The zero-order chi connectivity index (χ0) is 15.6. The number of anilines is 2. The molecule has 21 heavy (non-hydrogen) atoms. The van der Waals surface area contributed by atoms with Crippen LogP contribution in [0.2, 0.25) is 0 Å². The molecular formula is C12H12N6O3. The highest BCUT2D eigenvalue weighted by Crippen LogP contribution is 2.22. The number of nitrogens with two attached hydrogens (primary N) is 1. The van der Waals surface area contributed by atoms with Gasteiger partial charge in [0.25, 0.3) is 11.6 Å². The van der Waals surface area contributed by atoms with Gasteiger partial charge in [-0.25, -0.2) is 4.98 Å². The number of aromatic nitrogens is 3. The number of nitro groups is 1. The van der Waals surface area contributed by atoms with Crippen molar-refractivity contribution in [2.75, 3.05) is 11.1 Å². The molecule has 0 fully saturated rings. The summed E-state index contributed by atoms with van der Waals surface area (Å²) >= 11 is 0. The van der Waals surface area contributed by atoms with E-state index in [0.717, 1.165) is 0 Å². The molecule has 9 nitrogen and oxygen atoms in total. The van der Waals surface area contributed by atoms with Crippen molar-refractivity contribution in [1.29, 1.82) is 0 Å². The Morgan fingerprint density at radius 3 is 2.57 bits per heavy atom. The lowest BCUT2D eigenvalue weighted by Gasteiger charge is -2.05. The van der Waals surface area contributed by atoms with Crippen LogP contribution in [0.3, 0.4) is 0 Å². The van der Waals surface area contributed by atoms with E-state index < -0.39 is 10.8 Å². The number of benzene rings is 1. The van der Waals surface area contributed by atoms with Crippen molar-refractivity contribution in [3.8, 4) is 0 Å². The number of nitrogen functional groups attached to an aromatic ring is 1. The number of carbonyl (C=O) groups excluding carboxylic acids is 1. The van der Waals surface area contributed by atoms with Crippen molar-refractivity contribution in [3.63, 3.8) is 0 Å². The van der Waals surface area contributed by atoms with Crippen LogP contribution in [0.1, 0.15) is 21.7 Å². The first-order chi connectivity index (χ1) is 9.88. The van der Waals surface area contributed by atoms with E-state index in [2.05, 4.69) is 20.5 Å². The standard InChI is InChI=1S/C12H12N6O3/c1-6-7(2)16-17-12(14-6)15-11(19)8-3-4-10(18(20)21)9(13)5-8/h3-5H,13H2,1-2H3,(H,14,15,17,19). The number of aryl methyl sites for hydroxylation is 2. The van der Waals surface area contributed by atoms with Crippen LogP contribution in [0.15, 0.2) is 18.2 Å². The molecule has 0 saturated heterocycles. The number of hydrogen-bond acceptors (Lipinski definition) is 7. The number of nitrogens with zero attached hydrogens (tertiary/aromatic N) is 4. The predicted molar refractivity (Wildman–Crippen MR) is 74.8 cm³/mol. The molecule has 0 bridgehead atoms. The molecule has 1 aromatic heterocycles. The number of rotatable bonds is 3. The quantitative estimate of drug-likeness (QED) is 0.492. The highest BCUT2D eigenvalue weighted by molar-refractivity contribution is 6.04. The van der Waals surface area contributed by atoms with Gasteiger partial charge in [-0.2, -0.15) is 5.10 Å². The summed E-state index contributed by atoms with van der Waals surface area (Å²) in [6.45, 7) is 3.49. The van der Waals surface area contributed by atoms with Crippen LogP contribution in [0.25, 0.3) is 0 Å². The number of carbonyl (C=O) groups is 1. The third-order valence-corrected chi connectivity index (χ3v) is 2.80. The van der Waals surface area contributed by atoms with Gasteiger partial charge in [0.1, 0.15) is 5.69 Å². The van der Waals surface area contributed by atoms with Gasteiger partial charge in [-0.1, -0.05) is 0 Å². The molecular weight excluding hydrogens is 276 g/mol. The Kier molecular flexibility index (Phi) is 3.74. The van der Waals surface area contributed by atoms with Gasteiger partial charge in [-0.3, -0.25) is 20.2 Å². The van der Waals surface area contributed by atoms with E-state index in [4.69, 9.17) is 5.73 Å². The van der Waals surface area contributed by atoms with E-state index in [9.17, 15) is 14.9 Å². The summed E-state index contributed by atoms with van der Waals surface area (Å²) in [6.07, 6.45) is 0. The van der Waals surface area contributed by atoms with Crippen LogP contribution in [0.4, 0.5) is 17.3 Å². The Morgan fingerprint density at radius 2 is 2.00 bits per heavy atom. The zero-order valence-electron chi connectivity index (χ0n) is 11.3. The Balaban J connectivity index is 2.22. The highest BCUT2D eigenvalue weighted by atomic mass is 16.6. The van der Waals surface area contributed by atoms with Gasteiger partial charge in [-0.15, -0.1) is 5.10 Å². The number of nitro benzene ring substituents is 1. The fourth-order valence-electron chi connectivity index (χ4n) is 1.55. The zero-order valence-corrected chi connectivity index (χ0v) is 11.3. The predicted octanol–water partition coefficient (Wildman–Crippen LogP) is 1.23. The Bertz CT molecular complexity index is 731. The van der Waals surface area contributed by atoms with E-state index in [0.29, 0.717) is 11.4 Å². The third kappa shape index (κ3) is 3.08. The highest BCUT2D eigenvalue weighted by Gasteiger charge is 2.15. The topological polar surface area (TPSA) is 137 Å². The molecule has 1 heterocycles. The van der Waals surface area contributed by atoms with E-state index >= 15 is 0 Å². The van der Waals surface area contributed by atoms with Gasteiger partial charge in [-0.05, 0) is 26.0 Å². The first kappa shape index (κ1) is 14.3. The molecule has 1 amide bonds. The van der Waals surface area contributed by atoms with Crippen molar-refractivity contribution >= 4 is 23.2 Å². The lowest BCUT2D eigenvalue weighted by Crippen LogP contribution is -2.16. The van der Waals surface area contributed by atoms with E-state index in [1.54, 1.807) is 13.8 Å². The van der Waals surface area contributed by atoms with Crippen molar-refractivity contribution in [2.45, 2.75) is 13.8 Å². The van der Waals surface area contributed by atoms with Crippen LogP contribution in [-0.2, 0) is 0 Å². The van der Waals surface area contributed by atoms with Crippen LogP contribution >= 0.6 is 0 Å². The molecule has 0 saturated carbocycles. The van der Waals surface area contributed by atoms with E-state index in [1.165, 1.54) is 18.2 Å². The second-order valence-corrected chi connectivity index (χ2v) is 4.29. The first-order valence-electron chi connectivity index (χ1n) is 5.91. The van der Waals surface area contributed by atoms with Crippen LogP contribution < -0.4 is 11.1 Å². The Hall–Kier alpha value is -3.10. The molecule has 0 aliphatic rings. The fraction of sp³-hybridized carbons (Fsp3) is 0.167. The Labute approximate surface area is 119 Å². The Morgan fingerprint density at radius 1 is 1.29 bits per heavy atom. The molecule has 2 rings (SSSR count). The summed E-state index contributed by atoms with van der Waals surface area (Å²) in [5, 5.41) is 20.7. The molecule has 1 aromatic carbocycles. The first-order valence-corrected chi connectivity index (χ1v) is 5.91. The maximum atomic E-state index is 12.0. The minimum atomic E-state index is -0.618. The number of hydrogen-bond donors (Lipinski definition) is 2. The summed E-state index contributed by atoms with van der Waals surface area (Å²) in [5.74, 6) is -0.471. The summed E-state index contributed by atoms with van der Waals surface area (Å²) in [6, 6.07) is 3.70. The second kappa shape index (κ2) is 5.49. The summed E-state index contributed by atoms with van der Waals surface area (Å²) in [7, 11) is 0. The van der Waals surface area contributed by atoms with Gasteiger partial charge in [0.2, 0.25) is 5.95 Å². The monoisotopic (exact) mass is 288 g/mol. The summed E-state index contributed by atoms with van der Waals surface area (Å²) in [4.78, 5) is 26.1. The largest absolute Gasteiger partial charge is 0.393 e. The van der Waals surface area contributed by atoms with Gasteiger partial charge in [0.15, 0.2) is 0 Å². The molecule has 0 aliphatic carbocycles. The summed E-state index contributed by atoms with van der Waals surface area (Å²) < 4.78 is 0. The molecule has 2 aromatic rings. The lowest BCUT2D eigenvalue weighted by molar-refractivity contribution is -0.383. The average Bonchev–Trinajstić information content (AvgIpc) is 2.42. The van der Waals surface area contributed by atoms with Gasteiger partial charge in [0, 0.05) is 11.6 Å². The van der Waals surface area contributed by atoms with Crippen LogP contribution in [-0.4, -0.2) is 26.0 Å². The van der Waals surface area contributed by atoms with E-state index in [1.807, 2.05) is 0 Å². The fourth-order valence-corrected chi connectivity index (χ4v) is 1.55. The van der Waals surface area contributed by atoms with E-state index in [-0.39, 0.29) is 22.9 Å². The molecule has 9 heteroatoms. The molecule has 0 unspecified atom stereocenters. The van der Waals surface area contributed by atoms with Crippen molar-refractivity contribution in [1.82, 2.24) is 15.2 Å². The SMILES string of the molecule is Cc1nnc(NC(=O)c2ccc([N+](=O)[O-])c(N)c2)nc1C. The maximum Gasteiger partial charge on any atom is 0.292 e. The molecule has 0 aliphatic heterocycles. The normalized spacial score (nSPS) is 10.2. The van der Waals surface area contributed by atoms with Gasteiger partial charge >= 0.3 is 0 Å². The van der Waals surface area contributed by atoms with Crippen molar-refractivity contribution < 1.29 is 9.72 Å². The molecule has 108 valence electrons. The number of nitrogens with one attached hydrogen (secondary N) is 1. The molecule has 0 spiro atoms. The van der Waals surface area contributed by atoms with Crippen molar-refractivity contribution in [3.05, 3.63) is 45.3 Å². The summed E-state index contributed by atoms with van der Waals surface area (Å²) in [5.41, 5.74) is 6.66. The smallest absolute Gasteiger partial charge is 0.292 e. The van der Waals surface area contributed by atoms with Crippen LogP contribution in [0.5, 0.6) is 0 Å². The third-order valence-electron chi connectivity index (χ3n) is 2.80. The second-order valence-electron chi connectivity index (χ2n) is 4.29. The number of amides is 1. The lowest BCUT2D eigenvalue weighted by atomic mass is 10.1. The maximum absolute atomic E-state index is 12.0. The van der Waals surface area contributed by atoms with Crippen LogP contribution in [0, 0.1) is 24.0 Å². The van der Waals surface area contributed by atoms with Crippen molar-refractivity contribution in [2.24, 2.45) is 0 Å². The molecule has 3 N–H and O–H groups in total. The average molecular weight is 288 g/mol. The molecule has 0 radical (unpaired) electrons. The van der Waals surface area contributed by atoms with Gasteiger partial charge in [0.05, 0.1) is 16.3 Å². The minimum absolute atomic E-state index is 0.0556. The minimum Gasteiger partial charge on any atom is -0.393 e. The molecule has 0 atom stereocenters.